The molecule has 2 N–H and O–H groups in total. The van der Waals surface area contributed by atoms with Crippen molar-refractivity contribution >= 4 is 11.4 Å². The molecule has 0 heterocycles. The minimum absolute atomic E-state index is 0.0234. The van der Waals surface area contributed by atoms with Gasteiger partial charge in [-0.1, -0.05) is 13.8 Å². The monoisotopic (exact) mass is 277 g/mol. The molecule has 108 valence electrons. The predicted octanol–water partition coefficient (Wildman–Crippen LogP) is 2.68. The van der Waals surface area contributed by atoms with Gasteiger partial charge >= 0.3 is 0 Å². The van der Waals surface area contributed by atoms with E-state index in [0.717, 1.165) is 6.42 Å². The van der Waals surface area contributed by atoms with Gasteiger partial charge in [0.1, 0.15) is 11.6 Å². The van der Waals surface area contributed by atoms with E-state index >= 15 is 0 Å². The zero-order chi connectivity index (χ0) is 15.3. The molecule has 6 heteroatoms. The average Bonchev–Trinajstić information content (AvgIpc) is 2.43. The number of anilines is 1. The number of nitriles is 1. The van der Waals surface area contributed by atoms with E-state index in [1.807, 2.05) is 19.9 Å². The van der Waals surface area contributed by atoms with Crippen LogP contribution >= 0.6 is 0 Å². The second-order valence-electron chi connectivity index (χ2n) is 5.14. The fourth-order valence-corrected chi connectivity index (χ4v) is 1.77. The van der Waals surface area contributed by atoms with Crippen molar-refractivity contribution in [3.63, 3.8) is 0 Å². The molecule has 2 atom stereocenters. The first kappa shape index (κ1) is 15.9. The molecule has 1 aromatic carbocycles. The van der Waals surface area contributed by atoms with Crippen molar-refractivity contribution < 1.29 is 10.0 Å². The summed E-state index contributed by atoms with van der Waals surface area (Å²) in [7, 11) is 0. The van der Waals surface area contributed by atoms with Gasteiger partial charge in [0.15, 0.2) is 0 Å². The van der Waals surface area contributed by atoms with Crippen LogP contribution in [0.15, 0.2) is 18.2 Å². The fourth-order valence-electron chi connectivity index (χ4n) is 1.77. The Morgan fingerprint density at radius 3 is 2.70 bits per heavy atom. The van der Waals surface area contributed by atoms with Crippen LogP contribution in [0.25, 0.3) is 0 Å². The Kier molecular flexibility index (Phi) is 5.06. The fraction of sp³-hybridized carbons (Fsp3) is 0.500. The van der Waals surface area contributed by atoms with Gasteiger partial charge in [-0.3, -0.25) is 10.1 Å². The minimum atomic E-state index is -0.575. The highest BCUT2D eigenvalue weighted by atomic mass is 16.6. The highest BCUT2D eigenvalue weighted by Gasteiger charge is 2.27. The van der Waals surface area contributed by atoms with Crippen molar-refractivity contribution in [2.75, 3.05) is 11.9 Å². The molecule has 0 aromatic heterocycles. The molecule has 1 rings (SSSR count). The lowest BCUT2D eigenvalue weighted by Crippen LogP contribution is -2.36. The third-order valence-electron chi connectivity index (χ3n) is 3.83. The van der Waals surface area contributed by atoms with E-state index < -0.39 is 11.0 Å². The zero-order valence-corrected chi connectivity index (χ0v) is 11.9. The lowest BCUT2D eigenvalue weighted by molar-refractivity contribution is -0.385. The van der Waals surface area contributed by atoms with Crippen molar-refractivity contribution in [1.29, 1.82) is 5.26 Å². The molecular weight excluding hydrogens is 258 g/mol. The molecule has 0 spiro atoms. The van der Waals surface area contributed by atoms with E-state index in [-0.39, 0.29) is 16.7 Å². The predicted molar refractivity (Wildman–Crippen MR) is 76.4 cm³/mol. The summed E-state index contributed by atoms with van der Waals surface area (Å²) in [5.74, 6) is 0. The summed E-state index contributed by atoms with van der Waals surface area (Å²) in [5.41, 5.74) is 0.156. The van der Waals surface area contributed by atoms with Crippen LogP contribution in [0.5, 0.6) is 0 Å². The number of rotatable bonds is 6. The Balaban J connectivity index is 2.90. The zero-order valence-electron chi connectivity index (χ0n) is 11.9. The van der Waals surface area contributed by atoms with Crippen LogP contribution in [-0.4, -0.2) is 22.7 Å². The van der Waals surface area contributed by atoms with Crippen molar-refractivity contribution in [3.8, 4) is 6.07 Å². The number of aliphatic hydroxyl groups excluding tert-OH is 1. The number of benzene rings is 1. The first-order valence-corrected chi connectivity index (χ1v) is 6.44. The van der Waals surface area contributed by atoms with Crippen molar-refractivity contribution in [3.05, 3.63) is 33.9 Å². The molecule has 0 saturated heterocycles. The maximum atomic E-state index is 10.7. The third-order valence-corrected chi connectivity index (χ3v) is 3.83. The maximum Gasteiger partial charge on any atom is 0.287 e. The number of nitro benzene ring substituents is 1. The standard InChI is InChI=1S/C14H19N3O3/c1-4-14(3,10(2)18)9-16-12-5-6-13(17(19)20)11(7-12)8-15/h5-7,10,16,18H,4,9H2,1-3H3/t10-,14-/m0/s1. The molecule has 0 aliphatic rings. The first-order valence-electron chi connectivity index (χ1n) is 6.44. The summed E-state index contributed by atoms with van der Waals surface area (Å²) in [6.07, 6.45) is 0.309. The second kappa shape index (κ2) is 6.35. The van der Waals surface area contributed by atoms with E-state index in [1.54, 1.807) is 13.0 Å². The Morgan fingerprint density at radius 1 is 1.60 bits per heavy atom. The van der Waals surface area contributed by atoms with Crippen LogP contribution in [0.4, 0.5) is 11.4 Å². The van der Waals surface area contributed by atoms with E-state index in [2.05, 4.69) is 5.32 Å². The summed E-state index contributed by atoms with van der Waals surface area (Å²) < 4.78 is 0. The summed E-state index contributed by atoms with van der Waals surface area (Å²) in [4.78, 5) is 10.2. The van der Waals surface area contributed by atoms with Crippen LogP contribution in [0.2, 0.25) is 0 Å². The van der Waals surface area contributed by atoms with Gasteiger partial charge < -0.3 is 10.4 Å². The molecule has 0 aliphatic carbocycles. The topological polar surface area (TPSA) is 99.2 Å². The SMILES string of the molecule is CC[C@@](C)(CNc1ccc([N+](=O)[O-])c(C#N)c1)[C@H](C)O. The molecule has 0 saturated carbocycles. The molecule has 20 heavy (non-hydrogen) atoms. The lowest BCUT2D eigenvalue weighted by Gasteiger charge is -2.32. The Bertz CT molecular complexity index is 537. The van der Waals surface area contributed by atoms with Gasteiger partial charge in [0, 0.05) is 23.7 Å². The van der Waals surface area contributed by atoms with Gasteiger partial charge in [0.05, 0.1) is 11.0 Å². The van der Waals surface area contributed by atoms with Crippen LogP contribution in [0, 0.1) is 26.9 Å². The van der Waals surface area contributed by atoms with Crippen molar-refractivity contribution in [2.24, 2.45) is 5.41 Å². The quantitative estimate of drug-likeness (QED) is 0.615. The van der Waals surface area contributed by atoms with Gasteiger partial charge in [0.2, 0.25) is 0 Å². The van der Waals surface area contributed by atoms with E-state index in [0.29, 0.717) is 12.2 Å². The number of hydrogen-bond donors (Lipinski definition) is 2. The highest BCUT2D eigenvalue weighted by molar-refractivity contribution is 5.58. The third kappa shape index (κ3) is 3.45. The molecule has 0 amide bonds. The largest absolute Gasteiger partial charge is 0.393 e. The summed E-state index contributed by atoms with van der Waals surface area (Å²) >= 11 is 0. The van der Waals surface area contributed by atoms with E-state index in [9.17, 15) is 15.2 Å². The molecule has 0 aliphatic heterocycles. The van der Waals surface area contributed by atoms with Gasteiger partial charge in [0.25, 0.3) is 5.69 Å². The van der Waals surface area contributed by atoms with Crippen LogP contribution in [0.3, 0.4) is 0 Å². The van der Waals surface area contributed by atoms with Gasteiger partial charge in [-0.05, 0) is 25.5 Å². The van der Waals surface area contributed by atoms with Crippen molar-refractivity contribution in [2.45, 2.75) is 33.3 Å². The van der Waals surface area contributed by atoms with Crippen LogP contribution in [-0.2, 0) is 0 Å². The van der Waals surface area contributed by atoms with Crippen molar-refractivity contribution in [1.82, 2.24) is 0 Å². The molecule has 0 radical (unpaired) electrons. The lowest BCUT2D eigenvalue weighted by atomic mass is 9.82. The molecule has 0 unspecified atom stereocenters. The number of nitro groups is 1. The number of hydrogen-bond acceptors (Lipinski definition) is 5. The number of aliphatic hydroxyl groups is 1. The maximum absolute atomic E-state index is 10.7. The smallest absolute Gasteiger partial charge is 0.287 e. The number of nitrogens with zero attached hydrogens (tertiary/aromatic N) is 2. The number of nitrogens with one attached hydrogen (secondary N) is 1. The minimum Gasteiger partial charge on any atom is -0.393 e. The molecular formula is C14H19N3O3. The van der Waals surface area contributed by atoms with Crippen LogP contribution in [0.1, 0.15) is 32.8 Å². The summed E-state index contributed by atoms with van der Waals surface area (Å²) in [6, 6.07) is 6.15. The first-order chi connectivity index (χ1) is 9.34. The van der Waals surface area contributed by atoms with E-state index in [4.69, 9.17) is 5.26 Å². The molecule has 6 nitrogen and oxygen atoms in total. The van der Waals surface area contributed by atoms with Gasteiger partial charge in [-0.15, -0.1) is 0 Å². The van der Waals surface area contributed by atoms with Crippen LogP contribution < -0.4 is 5.32 Å². The molecule has 0 bridgehead atoms. The van der Waals surface area contributed by atoms with E-state index in [1.165, 1.54) is 12.1 Å². The summed E-state index contributed by atoms with van der Waals surface area (Å²) in [6.45, 7) is 6.21. The Hall–Kier alpha value is -2.13. The normalized spacial score (nSPS) is 14.9. The Labute approximate surface area is 118 Å². The molecule has 0 fully saturated rings. The van der Waals surface area contributed by atoms with Gasteiger partial charge in [-0.25, -0.2) is 0 Å². The molecule has 1 aromatic rings. The summed E-state index contributed by atoms with van der Waals surface area (Å²) in [5, 5.41) is 32.6. The average molecular weight is 277 g/mol. The Morgan fingerprint density at radius 2 is 2.25 bits per heavy atom. The highest BCUT2D eigenvalue weighted by Crippen LogP contribution is 2.27. The van der Waals surface area contributed by atoms with Gasteiger partial charge in [-0.2, -0.15) is 5.26 Å². The second-order valence-corrected chi connectivity index (χ2v) is 5.14.